The summed E-state index contributed by atoms with van der Waals surface area (Å²) in [6.45, 7) is -0.882. The van der Waals surface area contributed by atoms with Crippen LogP contribution in [0.3, 0.4) is 0 Å². The smallest absolute Gasteiger partial charge is 0.413 e. The topological polar surface area (TPSA) is 161 Å². The van der Waals surface area contributed by atoms with Crippen LogP contribution in [0.1, 0.15) is 12.0 Å². The van der Waals surface area contributed by atoms with Crippen LogP contribution in [0.5, 0.6) is 11.5 Å². The highest BCUT2D eigenvalue weighted by Crippen LogP contribution is 2.42. The Bertz CT molecular complexity index is 1360. The molecule has 13 nitrogen and oxygen atoms in total. The molecule has 1 amide bonds. The molecule has 2 N–H and O–H groups in total. The molecular weight excluding hydrogens is 523 g/mol. The molecule has 2 aromatic heterocycles. The summed E-state index contributed by atoms with van der Waals surface area (Å²) in [6.07, 6.45) is -6.16. The van der Waals surface area contributed by atoms with Crippen LogP contribution in [-0.4, -0.2) is 59.7 Å². The molecule has 4 rings (SSSR count). The molecule has 0 radical (unpaired) electrons. The molecule has 0 bridgehead atoms. The Kier molecular flexibility index (Phi) is 7.68. The average molecular weight is 543 g/mol. The largest absolute Gasteiger partial charge is 0.497 e. The van der Waals surface area contributed by atoms with E-state index < -0.39 is 51.4 Å². The van der Waals surface area contributed by atoms with Crippen molar-refractivity contribution in [3.05, 3.63) is 46.7 Å². The van der Waals surface area contributed by atoms with Gasteiger partial charge in [-0.05, 0) is 18.2 Å². The monoisotopic (exact) mass is 543 g/mol. The number of hydrogen-bond donors (Lipinski definition) is 2. The SMILES string of the molecule is COc1cc(OC)c2oc(COC(=O)Nc3ccn([C@@H]4O[C@H](COP=O)[C@@H](O)C4(F)F)c(=O)n3)cc2c1. The van der Waals surface area contributed by atoms with Gasteiger partial charge in [0.15, 0.2) is 24.0 Å². The van der Waals surface area contributed by atoms with Gasteiger partial charge in [-0.15, -0.1) is 0 Å². The number of alkyl halides is 2. The van der Waals surface area contributed by atoms with Crippen LogP contribution in [0.15, 0.2) is 39.7 Å². The zero-order valence-corrected chi connectivity index (χ0v) is 20.1. The first-order chi connectivity index (χ1) is 17.7. The number of aliphatic hydroxyl groups is 1. The van der Waals surface area contributed by atoms with E-state index >= 15 is 0 Å². The zero-order chi connectivity index (χ0) is 26.7. The lowest BCUT2D eigenvalue weighted by molar-refractivity contribution is -0.140. The predicted octanol–water partition coefficient (Wildman–Crippen LogP) is 2.87. The Morgan fingerprint density at radius 3 is 2.76 bits per heavy atom. The maximum absolute atomic E-state index is 14.5. The number of methoxy groups -OCH3 is 2. The summed E-state index contributed by atoms with van der Waals surface area (Å²) < 4.78 is 70.5. The quantitative estimate of drug-likeness (QED) is 0.382. The molecule has 1 aromatic carbocycles. The van der Waals surface area contributed by atoms with Crippen LogP contribution in [0.2, 0.25) is 0 Å². The van der Waals surface area contributed by atoms with Crippen molar-refractivity contribution in [3.8, 4) is 11.5 Å². The molecule has 1 saturated heterocycles. The van der Waals surface area contributed by atoms with Crippen molar-refractivity contribution in [2.24, 2.45) is 0 Å². The number of amides is 1. The van der Waals surface area contributed by atoms with Crippen LogP contribution in [-0.2, 0) is 25.2 Å². The van der Waals surface area contributed by atoms with Crippen molar-refractivity contribution in [1.29, 1.82) is 0 Å². The number of halogens is 2. The molecular formula is C21H20F2N3O10P. The van der Waals surface area contributed by atoms with E-state index in [4.69, 9.17) is 23.4 Å². The number of furan rings is 1. The van der Waals surface area contributed by atoms with E-state index in [1.54, 1.807) is 18.2 Å². The summed E-state index contributed by atoms with van der Waals surface area (Å²) in [5.41, 5.74) is -0.776. The third kappa shape index (κ3) is 5.39. The van der Waals surface area contributed by atoms with Gasteiger partial charge in [0, 0.05) is 17.6 Å². The first-order valence-corrected chi connectivity index (χ1v) is 11.2. The van der Waals surface area contributed by atoms with Gasteiger partial charge in [0.25, 0.3) is 0 Å². The summed E-state index contributed by atoms with van der Waals surface area (Å²) in [6, 6.07) is 6.02. The second-order valence-electron chi connectivity index (χ2n) is 7.68. The van der Waals surface area contributed by atoms with Gasteiger partial charge in [0.05, 0.1) is 20.8 Å². The number of benzene rings is 1. The standard InChI is InChI=1S/C21H20F2N3O10P/c1-31-11-5-10-6-12(35-16(10)13(7-11)32-2)8-33-20(29)25-15-3-4-26(19(28)24-15)18-21(22,23)17(27)14(36-18)9-34-37-30/h3-7,14,17-18,27H,8-9H2,1-2H3,(H,24,25,28,29)/t14-,17-,18-/m1/s1. The molecule has 0 aliphatic carbocycles. The fraction of sp³-hybridized carbons (Fsp3) is 0.381. The van der Waals surface area contributed by atoms with Crippen molar-refractivity contribution < 1.29 is 51.1 Å². The first-order valence-electron chi connectivity index (χ1n) is 10.5. The number of hydrogen-bond acceptors (Lipinski definition) is 11. The number of aromatic nitrogens is 2. The van der Waals surface area contributed by atoms with Crippen molar-refractivity contribution >= 4 is 31.6 Å². The number of aliphatic hydroxyl groups excluding tert-OH is 1. The summed E-state index contributed by atoms with van der Waals surface area (Å²) in [5, 5.41) is 12.7. The predicted molar refractivity (Wildman–Crippen MR) is 120 cm³/mol. The van der Waals surface area contributed by atoms with Gasteiger partial charge in [0.2, 0.25) is 6.23 Å². The molecule has 3 aromatic rings. The van der Waals surface area contributed by atoms with E-state index in [1.807, 2.05) is 0 Å². The minimum absolute atomic E-state index is 0.282. The van der Waals surface area contributed by atoms with Crippen LogP contribution in [0.4, 0.5) is 19.4 Å². The van der Waals surface area contributed by atoms with E-state index in [9.17, 15) is 28.0 Å². The third-order valence-corrected chi connectivity index (χ3v) is 5.65. The second kappa shape index (κ2) is 10.8. The van der Waals surface area contributed by atoms with E-state index in [0.29, 0.717) is 27.0 Å². The lowest BCUT2D eigenvalue weighted by atomic mass is 10.1. The molecule has 1 fully saturated rings. The Hall–Kier alpha value is -3.65. The molecule has 1 aliphatic rings. The van der Waals surface area contributed by atoms with E-state index in [0.717, 1.165) is 12.3 Å². The molecule has 3 heterocycles. The maximum Gasteiger partial charge on any atom is 0.413 e. The van der Waals surface area contributed by atoms with Gasteiger partial charge in [-0.1, -0.05) is 0 Å². The molecule has 1 aliphatic heterocycles. The number of anilines is 1. The Balaban J connectivity index is 1.41. The van der Waals surface area contributed by atoms with E-state index in [1.165, 1.54) is 14.2 Å². The number of rotatable bonds is 9. The van der Waals surface area contributed by atoms with Gasteiger partial charge < -0.3 is 28.5 Å². The summed E-state index contributed by atoms with van der Waals surface area (Å²) >= 11 is 0. The molecule has 0 saturated carbocycles. The fourth-order valence-corrected chi connectivity index (χ4v) is 3.84. The fourth-order valence-electron chi connectivity index (χ4n) is 3.64. The van der Waals surface area contributed by atoms with Crippen molar-refractivity contribution in [2.45, 2.75) is 31.0 Å². The lowest BCUT2D eigenvalue weighted by Gasteiger charge is -2.21. The Labute approximate surface area is 208 Å². The highest BCUT2D eigenvalue weighted by molar-refractivity contribution is 7.17. The van der Waals surface area contributed by atoms with Crippen molar-refractivity contribution in [3.63, 3.8) is 0 Å². The number of nitrogens with one attached hydrogen (secondary N) is 1. The summed E-state index contributed by atoms with van der Waals surface area (Å²) in [4.78, 5) is 28.1. The molecule has 198 valence electrons. The second-order valence-corrected chi connectivity index (χ2v) is 8.09. The number of fused-ring (bicyclic) bond motifs is 1. The highest BCUT2D eigenvalue weighted by Gasteiger charge is 2.59. The first kappa shape index (κ1) is 26.4. The molecule has 3 atom stereocenters. The minimum atomic E-state index is -3.88. The number of carbonyl (C=O) groups excluding carboxylic acids is 1. The van der Waals surface area contributed by atoms with Crippen LogP contribution in [0.25, 0.3) is 11.0 Å². The van der Waals surface area contributed by atoms with Gasteiger partial charge >= 0.3 is 26.4 Å². The number of nitrogens with zero attached hydrogens (tertiary/aromatic N) is 2. The Morgan fingerprint density at radius 2 is 2.08 bits per heavy atom. The van der Waals surface area contributed by atoms with Crippen LogP contribution >= 0.6 is 8.69 Å². The van der Waals surface area contributed by atoms with Gasteiger partial charge in [-0.2, -0.15) is 13.8 Å². The van der Waals surface area contributed by atoms with Gasteiger partial charge in [0.1, 0.15) is 23.4 Å². The Morgan fingerprint density at radius 1 is 1.30 bits per heavy atom. The number of carbonyl (C=O) groups is 1. The molecule has 0 spiro atoms. The lowest BCUT2D eigenvalue weighted by Crippen LogP contribution is -2.41. The van der Waals surface area contributed by atoms with Crippen molar-refractivity contribution in [1.82, 2.24) is 9.55 Å². The maximum atomic E-state index is 14.5. The van der Waals surface area contributed by atoms with Gasteiger partial charge in [-0.3, -0.25) is 14.4 Å². The van der Waals surface area contributed by atoms with Crippen LogP contribution < -0.4 is 20.5 Å². The van der Waals surface area contributed by atoms with Crippen molar-refractivity contribution in [2.75, 3.05) is 26.1 Å². The molecule has 37 heavy (non-hydrogen) atoms. The molecule has 16 heteroatoms. The minimum Gasteiger partial charge on any atom is -0.497 e. The number of ether oxygens (including phenoxy) is 4. The summed E-state index contributed by atoms with van der Waals surface area (Å²) in [5.74, 6) is -2.92. The average Bonchev–Trinajstić information content (AvgIpc) is 3.39. The van der Waals surface area contributed by atoms with Crippen LogP contribution in [0, 0.1) is 0 Å². The molecule has 0 unspecified atom stereocenters. The summed E-state index contributed by atoms with van der Waals surface area (Å²) in [7, 11) is 2.18. The van der Waals surface area contributed by atoms with E-state index in [2.05, 4.69) is 14.8 Å². The van der Waals surface area contributed by atoms with Gasteiger partial charge in [-0.25, -0.2) is 14.2 Å². The zero-order valence-electron chi connectivity index (χ0n) is 19.3. The highest BCUT2D eigenvalue weighted by atomic mass is 31.1. The van der Waals surface area contributed by atoms with E-state index in [-0.39, 0.29) is 18.2 Å². The third-order valence-electron chi connectivity index (χ3n) is 5.39. The normalized spacial score (nSPS) is 20.7.